The number of anilines is 1. The number of aliphatic imine (C=N–C) groups is 1. The second-order valence-electron chi connectivity index (χ2n) is 5.26. The Hall–Kier alpha value is -1.71. The third-order valence-electron chi connectivity index (χ3n) is 3.83. The van der Waals surface area contributed by atoms with Gasteiger partial charge in [0.15, 0.2) is 6.10 Å². The van der Waals surface area contributed by atoms with E-state index in [0.717, 1.165) is 42.5 Å². The van der Waals surface area contributed by atoms with Crippen molar-refractivity contribution < 1.29 is 4.74 Å². The number of hydrogen-bond acceptors (Lipinski definition) is 4. The quantitative estimate of drug-likeness (QED) is 0.789. The summed E-state index contributed by atoms with van der Waals surface area (Å²) in [5.41, 5.74) is 7.44. The van der Waals surface area contributed by atoms with Crippen molar-refractivity contribution in [3.63, 3.8) is 0 Å². The van der Waals surface area contributed by atoms with E-state index >= 15 is 0 Å². The van der Waals surface area contributed by atoms with Gasteiger partial charge >= 0.3 is 0 Å². The Morgan fingerprint density at radius 1 is 1.32 bits per heavy atom. The summed E-state index contributed by atoms with van der Waals surface area (Å²) in [6, 6.07) is 5.68. The minimum atomic E-state index is 0.0780. The van der Waals surface area contributed by atoms with Crippen molar-refractivity contribution in [2.45, 2.75) is 38.7 Å². The molecule has 19 heavy (non-hydrogen) atoms. The molecule has 0 aromatic heterocycles. The number of nitrogens with two attached hydrogens (primary N) is 1. The Kier molecular flexibility index (Phi) is 3.32. The smallest absolute Gasteiger partial charge is 0.156 e. The van der Waals surface area contributed by atoms with Crippen molar-refractivity contribution in [2.75, 3.05) is 18.8 Å². The fraction of sp³-hybridized carbons (Fsp3) is 0.533. The van der Waals surface area contributed by atoms with Crippen LogP contribution in [0.5, 0.6) is 5.75 Å². The average Bonchev–Trinajstić information content (AvgIpc) is 2.46. The fourth-order valence-corrected chi connectivity index (χ4v) is 2.79. The summed E-state index contributed by atoms with van der Waals surface area (Å²) in [5, 5.41) is 0. The summed E-state index contributed by atoms with van der Waals surface area (Å²) in [6.07, 6.45) is 4.84. The van der Waals surface area contributed by atoms with Gasteiger partial charge in [-0.05, 0) is 43.9 Å². The predicted molar refractivity (Wildman–Crippen MR) is 78.1 cm³/mol. The molecular weight excluding hydrogens is 238 g/mol. The van der Waals surface area contributed by atoms with Gasteiger partial charge in [-0.1, -0.05) is 6.92 Å². The van der Waals surface area contributed by atoms with Crippen molar-refractivity contribution in [2.24, 2.45) is 4.99 Å². The lowest BCUT2D eigenvalue weighted by Gasteiger charge is -2.35. The van der Waals surface area contributed by atoms with Crippen molar-refractivity contribution in [3.05, 3.63) is 18.2 Å². The first kappa shape index (κ1) is 12.3. The van der Waals surface area contributed by atoms with E-state index in [-0.39, 0.29) is 6.10 Å². The van der Waals surface area contributed by atoms with Crippen LogP contribution in [0.1, 0.15) is 32.6 Å². The maximum absolute atomic E-state index is 6.07. The first-order chi connectivity index (χ1) is 9.28. The Morgan fingerprint density at radius 3 is 2.84 bits per heavy atom. The summed E-state index contributed by atoms with van der Waals surface area (Å²) in [4.78, 5) is 7.20. The van der Waals surface area contributed by atoms with Crippen LogP contribution in [-0.4, -0.2) is 29.9 Å². The summed E-state index contributed by atoms with van der Waals surface area (Å²) in [5.74, 6) is 1.93. The van der Waals surface area contributed by atoms with E-state index in [9.17, 15) is 0 Å². The fourth-order valence-electron chi connectivity index (χ4n) is 2.79. The Bertz CT molecular complexity index is 492. The summed E-state index contributed by atoms with van der Waals surface area (Å²) >= 11 is 0. The number of nitrogen functional groups attached to an aromatic ring is 1. The average molecular weight is 259 g/mol. The first-order valence-corrected chi connectivity index (χ1v) is 7.17. The molecule has 2 aliphatic rings. The number of likely N-dealkylation sites (tertiary alicyclic amines) is 1. The number of nitrogens with zero attached hydrogens (tertiary/aromatic N) is 2. The summed E-state index contributed by atoms with van der Waals surface area (Å²) < 4.78 is 6.07. The van der Waals surface area contributed by atoms with E-state index in [1.807, 2.05) is 18.2 Å². The molecule has 1 saturated heterocycles. The first-order valence-electron chi connectivity index (χ1n) is 7.17. The molecule has 1 fully saturated rings. The molecule has 0 aliphatic carbocycles. The normalized spacial score (nSPS) is 22.5. The summed E-state index contributed by atoms with van der Waals surface area (Å²) in [7, 11) is 0. The van der Waals surface area contributed by atoms with Gasteiger partial charge in [-0.25, -0.2) is 4.99 Å². The van der Waals surface area contributed by atoms with Gasteiger partial charge < -0.3 is 15.4 Å². The molecule has 4 nitrogen and oxygen atoms in total. The van der Waals surface area contributed by atoms with Crippen molar-refractivity contribution in [1.29, 1.82) is 0 Å². The largest absolute Gasteiger partial charge is 0.480 e. The van der Waals surface area contributed by atoms with Crippen molar-refractivity contribution in [1.82, 2.24) is 4.90 Å². The van der Waals surface area contributed by atoms with Crippen LogP contribution >= 0.6 is 0 Å². The van der Waals surface area contributed by atoms with E-state index in [4.69, 9.17) is 15.5 Å². The molecule has 1 aromatic carbocycles. The molecule has 1 atom stereocenters. The van der Waals surface area contributed by atoms with Gasteiger partial charge in [0.1, 0.15) is 17.3 Å². The van der Waals surface area contributed by atoms with Gasteiger partial charge in [0.05, 0.1) is 0 Å². The number of ether oxygens (including phenoxy) is 1. The molecule has 0 amide bonds. The zero-order chi connectivity index (χ0) is 13.2. The zero-order valence-corrected chi connectivity index (χ0v) is 11.4. The van der Waals surface area contributed by atoms with E-state index in [1.54, 1.807) is 0 Å². The standard InChI is InChI=1S/C15H21N3O/c1-2-13-15(18-8-4-3-5-9-18)17-12-10-11(16)6-7-14(12)19-13/h6-7,10,13H,2-5,8-9,16H2,1H3. The lowest BCUT2D eigenvalue weighted by atomic mass is 10.1. The molecule has 102 valence electrons. The molecular formula is C15H21N3O. The minimum absolute atomic E-state index is 0.0780. The van der Waals surface area contributed by atoms with E-state index in [1.165, 1.54) is 19.3 Å². The zero-order valence-electron chi connectivity index (χ0n) is 11.4. The van der Waals surface area contributed by atoms with E-state index in [0.29, 0.717) is 0 Å². The molecule has 0 spiro atoms. The molecule has 0 radical (unpaired) electrons. The monoisotopic (exact) mass is 259 g/mol. The van der Waals surface area contributed by atoms with Gasteiger partial charge in [-0.15, -0.1) is 0 Å². The number of hydrogen-bond donors (Lipinski definition) is 1. The lowest BCUT2D eigenvalue weighted by molar-refractivity contribution is 0.223. The second kappa shape index (κ2) is 5.11. The highest BCUT2D eigenvalue weighted by molar-refractivity contribution is 5.92. The molecule has 2 N–H and O–H groups in total. The van der Waals surface area contributed by atoms with Crippen LogP contribution in [0.25, 0.3) is 0 Å². The third-order valence-corrected chi connectivity index (χ3v) is 3.83. The van der Waals surface area contributed by atoms with E-state index in [2.05, 4.69) is 11.8 Å². The van der Waals surface area contributed by atoms with Crippen LogP contribution in [-0.2, 0) is 0 Å². The maximum atomic E-state index is 6.07. The number of amidine groups is 1. The maximum Gasteiger partial charge on any atom is 0.156 e. The molecule has 0 bridgehead atoms. The molecule has 0 saturated carbocycles. The van der Waals surface area contributed by atoms with Crippen LogP contribution < -0.4 is 10.5 Å². The highest BCUT2D eigenvalue weighted by atomic mass is 16.5. The van der Waals surface area contributed by atoms with Crippen LogP contribution in [0.4, 0.5) is 11.4 Å². The lowest BCUT2D eigenvalue weighted by Crippen LogP contribution is -2.45. The Labute approximate surface area is 114 Å². The topological polar surface area (TPSA) is 50.9 Å². The third kappa shape index (κ3) is 2.39. The number of piperidine rings is 1. The predicted octanol–water partition coefficient (Wildman–Crippen LogP) is 2.96. The SMILES string of the molecule is CCC1Oc2ccc(N)cc2N=C1N1CCCCC1. The molecule has 4 heteroatoms. The molecule has 1 aromatic rings. The van der Waals surface area contributed by atoms with E-state index < -0.39 is 0 Å². The Morgan fingerprint density at radius 2 is 2.11 bits per heavy atom. The van der Waals surface area contributed by atoms with Gasteiger partial charge in [0.25, 0.3) is 0 Å². The van der Waals surface area contributed by atoms with Crippen LogP contribution in [0, 0.1) is 0 Å². The number of rotatable bonds is 1. The second-order valence-corrected chi connectivity index (χ2v) is 5.26. The van der Waals surface area contributed by atoms with Crippen LogP contribution in [0.2, 0.25) is 0 Å². The van der Waals surface area contributed by atoms with Gasteiger partial charge in [0, 0.05) is 18.8 Å². The minimum Gasteiger partial charge on any atom is -0.480 e. The van der Waals surface area contributed by atoms with Crippen LogP contribution in [0.3, 0.4) is 0 Å². The highest BCUT2D eigenvalue weighted by Gasteiger charge is 2.28. The molecule has 1 unspecified atom stereocenters. The summed E-state index contributed by atoms with van der Waals surface area (Å²) in [6.45, 7) is 4.33. The van der Waals surface area contributed by atoms with Crippen molar-refractivity contribution in [3.8, 4) is 5.75 Å². The van der Waals surface area contributed by atoms with Gasteiger partial charge in [-0.2, -0.15) is 0 Å². The Balaban J connectivity index is 1.95. The number of benzene rings is 1. The highest BCUT2D eigenvalue weighted by Crippen LogP contribution is 2.35. The number of fused-ring (bicyclic) bond motifs is 1. The van der Waals surface area contributed by atoms with Gasteiger partial charge in [-0.3, -0.25) is 0 Å². The molecule has 2 heterocycles. The molecule has 2 aliphatic heterocycles. The van der Waals surface area contributed by atoms with Crippen LogP contribution in [0.15, 0.2) is 23.2 Å². The van der Waals surface area contributed by atoms with Crippen molar-refractivity contribution >= 4 is 17.2 Å². The molecule has 3 rings (SSSR count). The van der Waals surface area contributed by atoms with Gasteiger partial charge in [0.2, 0.25) is 0 Å².